The Morgan fingerprint density at radius 2 is 0.943 bits per heavy atom. The minimum atomic E-state index is 0.0504. The van der Waals surface area contributed by atoms with Gasteiger partial charge in [-0.05, 0) is 56.8 Å². The van der Waals surface area contributed by atoms with Crippen molar-refractivity contribution >= 4 is 27.3 Å². The zero-order valence-corrected chi connectivity index (χ0v) is 19.5. The summed E-state index contributed by atoms with van der Waals surface area (Å²) in [7, 11) is 0. The second kappa shape index (κ2) is 8.70. The van der Waals surface area contributed by atoms with Gasteiger partial charge in [-0.15, -0.1) is 0 Å². The number of carbonyl (C=O) groups excluding carboxylic acids is 1. The monoisotopic (exact) mass is 448 g/mol. The van der Waals surface area contributed by atoms with Crippen LogP contribution in [0.25, 0.3) is 43.8 Å². The molecule has 0 aromatic heterocycles. The van der Waals surface area contributed by atoms with Gasteiger partial charge in [-0.3, -0.25) is 4.79 Å². The maximum Gasteiger partial charge on any atom is 0.193 e. The van der Waals surface area contributed by atoms with E-state index in [1.165, 1.54) is 38.2 Å². The van der Waals surface area contributed by atoms with Crippen molar-refractivity contribution in [3.05, 3.63) is 144 Å². The van der Waals surface area contributed by atoms with Crippen LogP contribution in [0.15, 0.2) is 127 Å². The first-order valence-corrected chi connectivity index (χ1v) is 11.9. The van der Waals surface area contributed by atoms with Crippen molar-refractivity contribution in [1.82, 2.24) is 0 Å². The molecule has 0 aliphatic heterocycles. The first-order valence-electron chi connectivity index (χ1n) is 11.9. The number of rotatable bonds is 4. The maximum atomic E-state index is 13.1. The highest BCUT2D eigenvalue weighted by atomic mass is 16.1. The van der Waals surface area contributed by atoms with E-state index in [-0.39, 0.29) is 5.78 Å². The molecule has 0 unspecified atom stereocenters. The molecular weight excluding hydrogens is 424 g/mol. The summed E-state index contributed by atoms with van der Waals surface area (Å²) in [6.07, 6.45) is 0. The van der Waals surface area contributed by atoms with Crippen molar-refractivity contribution in [3.63, 3.8) is 0 Å². The highest BCUT2D eigenvalue weighted by Crippen LogP contribution is 2.43. The largest absolute Gasteiger partial charge is 0.289 e. The molecule has 0 saturated carbocycles. The molecular formula is C34H24O. The lowest BCUT2D eigenvalue weighted by atomic mass is 9.86. The standard InChI is InChI=1S/C34H24O/c1-23-10-9-13-27(22-23)34(35)26-20-18-25(19-21-26)33-30-16-7-5-14-28(30)32(24-11-3-2-4-12-24)29-15-6-8-17-31(29)33/h2-22H,1H3. The van der Waals surface area contributed by atoms with E-state index in [1.54, 1.807) is 0 Å². The Morgan fingerprint density at radius 3 is 1.46 bits per heavy atom. The van der Waals surface area contributed by atoms with E-state index in [9.17, 15) is 4.79 Å². The number of hydrogen-bond donors (Lipinski definition) is 0. The average molecular weight is 449 g/mol. The minimum absolute atomic E-state index is 0.0504. The van der Waals surface area contributed by atoms with Gasteiger partial charge in [-0.2, -0.15) is 0 Å². The molecule has 0 N–H and O–H groups in total. The molecule has 6 aromatic carbocycles. The smallest absolute Gasteiger partial charge is 0.193 e. The number of fused-ring (bicyclic) bond motifs is 2. The van der Waals surface area contributed by atoms with Crippen LogP contribution < -0.4 is 0 Å². The van der Waals surface area contributed by atoms with E-state index >= 15 is 0 Å². The van der Waals surface area contributed by atoms with Gasteiger partial charge in [0.2, 0.25) is 0 Å². The lowest BCUT2D eigenvalue weighted by Gasteiger charge is -2.17. The van der Waals surface area contributed by atoms with E-state index in [0.29, 0.717) is 5.56 Å². The normalized spacial score (nSPS) is 11.1. The molecule has 1 heteroatoms. The number of ketones is 1. The Bertz CT molecular complexity index is 1640. The molecule has 1 nitrogen and oxygen atoms in total. The third kappa shape index (κ3) is 3.72. The Kier molecular flexibility index (Phi) is 5.24. The maximum absolute atomic E-state index is 13.1. The van der Waals surface area contributed by atoms with Gasteiger partial charge in [-0.1, -0.05) is 127 Å². The van der Waals surface area contributed by atoms with Crippen molar-refractivity contribution < 1.29 is 4.79 Å². The molecule has 0 amide bonds. The van der Waals surface area contributed by atoms with Crippen LogP contribution in [0.1, 0.15) is 21.5 Å². The van der Waals surface area contributed by atoms with Crippen LogP contribution in [0.3, 0.4) is 0 Å². The topological polar surface area (TPSA) is 17.1 Å². The van der Waals surface area contributed by atoms with Crippen molar-refractivity contribution in [2.24, 2.45) is 0 Å². The van der Waals surface area contributed by atoms with E-state index in [4.69, 9.17) is 0 Å². The van der Waals surface area contributed by atoms with Crippen molar-refractivity contribution in [2.75, 3.05) is 0 Å². The molecule has 0 atom stereocenters. The molecule has 0 radical (unpaired) electrons. The Balaban J connectivity index is 1.56. The van der Waals surface area contributed by atoms with Gasteiger partial charge in [0.15, 0.2) is 5.78 Å². The van der Waals surface area contributed by atoms with Crippen LogP contribution in [-0.4, -0.2) is 5.78 Å². The van der Waals surface area contributed by atoms with Gasteiger partial charge in [0.25, 0.3) is 0 Å². The molecule has 0 spiro atoms. The van der Waals surface area contributed by atoms with Crippen LogP contribution in [-0.2, 0) is 0 Å². The van der Waals surface area contributed by atoms with Gasteiger partial charge in [0, 0.05) is 11.1 Å². The van der Waals surface area contributed by atoms with E-state index < -0.39 is 0 Å². The summed E-state index contributed by atoms with van der Waals surface area (Å²) < 4.78 is 0. The summed E-state index contributed by atoms with van der Waals surface area (Å²) in [5.74, 6) is 0.0504. The second-order valence-electron chi connectivity index (χ2n) is 8.98. The zero-order chi connectivity index (χ0) is 23.8. The molecule has 0 bridgehead atoms. The molecule has 0 saturated heterocycles. The molecule has 35 heavy (non-hydrogen) atoms. The van der Waals surface area contributed by atoms with Gasteiger partial charge < -0.3 is 0 Å². The highest BCUT2D eigenvalue weighted by molar-refractivity contribution is 6.21. The van der Waals surface area contributed by atoms with Gasteiger partial charge in [0.1, 0.15) is 0 Å². The number of benzene rings is 6. The van der Waals surface area contributed by atoms with Crippen LogP contribution in [0.2, 0.25) is 0 Å². The predicted octanol–water partition coefficient (Wildman–Crippen LogP) is 8.87. The predicted molar refractivity (Wildman–Crippen MR) is 147 cm³/mol. The van der Waals surface area contributed by atoms with E-state index in [1.807, 2.05) is 43.3 Å². The fourth-order valence-electron chi connectivity index (χ4n) is 5.10. The van der Waals surface area contributed by atoms with Crippen molar-refractivity contribution in [1.29, 1.82) is 0 Å². The zero-order valence-electron chi connectivity index (χ0n) is 19.5. The summed E-state index contributed by atoms with van der Waals surface area (Å²) in [4.78, 5) is 13.1. The van der Waals surface area contributed by atoms with Crippen LogP contribution in [0.4, 0.5) is 0 Å². The van der Waals surface area contributed by atoms with Gasteiger partial charge in [-0.25, -0.2) is 0 Å². The van der Waals surface area contributed by atoms with Crippen LogP contribution in [0, 0.1) is 6.92 Å². The first kappa shape index (κ1) is 21.1. The third-order valence-electron chi connectivity index (χ3n) is 6.71. The second-order valence-corrected chi connectivity index (χ2v) is 8.98. The quantitative estimate of drug-likeness (QED) is 0.194. The number of hydrogen-bond acceptors (Lipinski definition) is 1. The Hall–Kier alpha value is -4.49. The van der Waals surface area contributed by atoms with Crippen molar-refractivity contribution in [3.8, 4) is 22.3 Å². The lowest BCUT2D eigenvalue weighted by Crippen LogP contribution is -2.01. The lowest BCUT2D eigenvalue weighted by molar-refractivity contribution is 0.103. The fraction of sp³-hybridized carbons (Fsp3) is 0.0294. The fourth-order valence-corrected chi connectivity index (χ4v) is 5.10. The van der Waals surface area contributed by atoms with Crippen LogP contribution in [0.5, 0.6) is 0 Å². The molecule has 0 aliphatic carbocycles. The van der Waals surface area contributed by atoms with Gasteiger partial charge >= 0.3 is 0 Å². The molecule has 6 aromatic rings. The molecule has 6 rings (SSSR count). The number of carbonyl (C=O) groups is 1. The van der Waals surface area contributed by atoms with Gasteiger partial charge in [0.05, 0.1) is 0 Å². The van der Waals surface area contributed by atoms with E-state index in [0.717, 1.165) is 16.7 Å². The Labute approximate surface area is 205 Å². The molecule has 0 heterocycles. The van der Waals surface area contributed by atoms with Crippen molar-refractivity contribution in [2.45, 2.75) is 6.92 Å². The average Bonchev–Trinajstić information content (AvgIpc) is 2.92. The highest BCUT2D eigenvalue weighted by Gasteiger charge is 2.17. The van der Waals surface area contributed by atoms with E-state index in [2.05, 4.69) is 91.0 Å². The summed E-state index contributed by atoms with van der Waals surface area (Å²) in [5, 5.41) is 4.88. The minimum Gasteiger partial charge on any atom is -0.289 e. The summed E-state index contributed by atoms with van der Waals surface area (Å²) in [6, 6.07) is 43.7. The summed E-state index contributed by atoms with van der Waals surface area (Å²) in [6.45, 7) is 2.01. The van der Waals surface area contributed by atoms with Crippen LogP contribution >= 0.6 is 0 Å². The molecule has 166 valence electrons. The Morgan fingerprint density at radius 1 is 0.457 bits per heavy atom. The third-order valence-corrected chi connectivity index (χ3v) is 6.71. The molecule has 0 fully saturated rings. The summed E-state index contributed by atoms with van der Waals surface area (Å²) in [5.41, 5.74) is 7.29. The summed E-state index contributed by atoms with van der Waals surface area (Å²) >= 11 is 0. The first-order chi connectivity index (χ1) is 17.2. The number of aryl methyl sites for hydroxylation is 1. The SMILES string of the molecule is Cc1cccc(C(=O)c2ccc(-c3c4ccccc4c(-c4ccccc4)c4ccccc34)cc2)c1. The molecule has 0 aliphatic rings.